The third-order valence-corrected chi connectivity index (χ3v) is 4.81. The first kappa shape index (κ1) is 15.6. The highest BCUT2D eigenvalue weighted by atomic mass is 16.1. The van der Waals surface area contributed by atoms with Crippen LogP contribution < -0.4 is 0 Å². The Morgan fingerprint density at radius 1 is 0.842 bits per heavy atom. The van der Waals surface area contributed by atoms with Crippen LogP contribution >= 0.6 is 0 Å². The number of ketones is 3. The molecule has 0 aromatic heterocycles. The van der Waals surface area contributed by atoms with E-state index in [0.717, 1.165) is 0 Å². The maximum atomic E-state index is 12.0. The van der Waals surface area contributed by atoms with Crippen LogP contribution in [0.1, 0.15) is 53.9 Å². The minimum absolute atomic E-state index is 0.0134. The third-order valence-electron chi connectivity index (χ3n) is 4.81. The minimum Gasteiger partial charge on any atom is -0.299 e. The lowest BCUT2D eigenvalue weighted by Crippen LogP contribution is -2.51. The summed E-state index contributed by atoms with van der Waals surface area (Å²) in [6.45, 7) is 8.09. The average Bonchev–Trinajstić information content (AvgIpc) is 2.27. The molecule has 0 aromatic rings. The molecule has 0 aliphatic heterocycles. The summed E-state index contributed by atoms with van der Waals surface area (Å²) in [5, 5.41) is 0. The molecule has 1 aliphatic carbocycles. The molecule has 3 atom stereocenters. The van der Waals surface area contributed by atoms with Gasteiger partial charge in [-0.25, -0.2) is 0 Å². The van der Waals surface area contributed by atoms with Crippen molar-refractivity contribution in [1.29, 1.82) is 0 Å². The standard InChI is InChI=1S/C16H22O3/c1-7-16(13(4)19)9-14(5,11(2)17)8-15(6,10-16)12(3)18/h1H,8-10H2,2-6H3/t14-,15+,16-. The molecule has 1 aliphatic rings. The Morgan fingerprint density at radius 2 is 1.21 bits per heavy atom. The Labute approximate surface area is 115 Å². The van der Waals surface area contributed by atoms with Crippen molar-refractivity contribution in [3.63, 3.8) is 0 Å². The second kappa shape index (κ2) is 4.59. The highest BCUT2D eigenvalue weighted by molar-refractivity contribution is 5.92. The molecule has 0 saturated heterocycles. The molecule has 1 fully saturated rings. The van der Waals surface area contributed by atoms with Crippen molar-refractivity contribution < 1.29 is 14.4 Å². The summed E-state index contributed by atoms with van der Waals surface area (Å²) < 4.78 is 0. The molecule has 3 nitrogen and oxygen atoms in total. The maximum Gasteiger partial charge on any atom is 0.147 e. The van der Waals surface area contributed by atoms with Crippen molar-refractivity contribution >= 4 is 17.3 Å². The monoisotopic (exact) mass is 262 g/mol. The SMILES string of the molecule is C#C[C@]1(C(C)=O)C[C@@](C)(C(C)=O)C[C@@](C)(C(C)=O)C1. The van der Waals surface area contributed by atoms with Gasteiger partial charge in [-0.3, -0.25) is 14.4 Å². The zero-order valence-corrected chi connectivity index (χ0v) is 12.4. The van der Waals surface area contributed by atoms with Gasteiger partial charge >= 0.3 is 0 Å². The molecular weight excluding hydrogens is 240 g/mol. The fourth-order valence-electron chi connectivity index (χ4n) is 3.33. The van der Waals surface area contributed by atoms with Crippen molar-refractivity contribution in [3.8, 4) is 12.3 Å². The summed E-state index contributed by atoms with van der Waals surface area (Å²) >= 11 is 0. The van der Waals surface area contributed by atoms with Gasteiger partial charge in [0.1, 0.15) is 17.3 Å². The molecule has 0 heterocycles. The Bertz CT molecular complexity index is 455. The summed E-state index contributed by atoms with van der Waals surface area (Å²) in [6.07, 6.45) is 6.72. The van der Waals surface area contributed by atoms with E-state index in [1.54, 1.807) is 0 Å². The molecule has 104 valence electrons. The summed E-state index contributed by atoms with van der Waals surface area (Å²) in [5.41, 5.74) is -2.42. The van der Waals surface area contributed by atoms with E-state index in [2.05, 4.69) is 5.92 Å². The zero-order chi connectivity index (χ0) is 15.1. The smallest absolute Gasteiger partial charge is 0.147 e. The second-order valence-corrected chi connectivity index (χ2v) is 6.55. The molecule has 0 unspecified atom stereocenters. The summed E-state index contributed by atoms with van der Waals surface area (Å²) in [5.74, 6) is 2.43. The largest absolute Gasteiger partial charge is 0.299 e. The number of hydrogen-bond donors (Lipinski definition) is 0. The summed E-state index contributed by atoms with van der Waals surface area (Å²) in [4.78, 5) is 35.9. The number of rotatable bonds is 3. The number of hydrogen-bond acceptors (Lipinski definition) is 3. The van der Waals surface area contributed by atoms with Gasteiger partial charge in [-0.2, -0.15) is 0 Å². The first-order chi connectivity index (χ1) is 8.51. The molecule has 0 N–H and O–H groups in total. The van der Waals surface area contributed by atoms with Gasteiger partial charge in [0.15, 0.2) is 0 Å². The van der Waals surface area contributed by atoms with E-state index in [9.17, 15) is 14.4 Å². The third kappa shape index (κ3) is 2.49. The predicted molar refractivity (Wildman–Crippen MR) is 73.4 cm³/mol. The number of carbonyl (C=O) groups is 3. The van der Waals surface area contributed by atoms with Gasteiger partial charge in [0, 0.05) is 10.8 Å². The van der Waals surface area contributed by atoms with Crippen molar-refractivity contribution in [2.45, 2.75) is 53.9 Å². The Hall–Kier alpha value is -1.43. The molecule has 1 saturated carbocycles. The van der Waals surface area contributed by atoms with Crippen LogP contribution in [0.15, 0.2) is 0 Å². The van der Waals surface area contributed by atoms with E-state index in [1.807, 2.05) is 13.8 Å². The van der Waals surface area contributed by atoms with Crippen molar-refractivity contribution in [3.05, 3.63) is 0 Å². The molecule has 0 bridgehead atoms. The average molecular weight is 262 g/mol. The minimum atomic E-state index is -1.00. The van der Waals surface area contributed by atoms with Crippen LogP contribution in [0, 0.1) is 28.6 Å². The van der Waals surface area contributed by atoms with Crippen LogP contribution in [0.25, 0.3) is 0 Å². The van der Waals surface area contributed by atoms with Gasteiger partial charge in [-0.1, -0.05) is 19.8 Å². The van der Waals surface area contributed by atoms with E-state index in [-0.39, 0.29) is 17.3 Å². The number of terminal acetylenes is 1. The van der Waals surface area contributed by atoms with Crippen LogP contribution in [0.3, 0.4) is 0 Å². The molecule has 0 radical (unpaired) electrons. The Kier molecular flexibility index (Phi) is 3.78. The normalized spacial score (nSPS) is 38.3. The van der Waals surface area contributed by atoms with Crippen LogP contribution in [0.5, 0.6) is 0 Å². The van der Waals surface area contributed by atoms with Crippen LogP contribution in [-0.4, -0.2) is 17.3 Å². The van der Waals surface area contributed by atoms with E-state index in [4.69, 9.17) is 6.42 Å². The molecular formula is C16H22O3. The molecule has 0 aromatic carbocycles. The first-order valence-corrected chi connectivity index (χ1v) is 6.52. The van der Waals surface area contributed by atoms with Gasteiger partial charge in [0.25, 0.3) is 0 Å². The van der Waals surface area contributed by atoms with Gasteiger partial charge < -0.3 is 0 Å². The van der Waals surface area contributed by atoms with Gasteiger partial charge in [0.05, 0.1) is 5.41 Å². The molecule has 19 heavy (non-hydrogen) atoms. The quantitative estimate of drug-likeness (QED) is 0.734. The predicted octanol–water partition coefficient (Wildman–Crippen LogP) is 2.57. The Morgan fingerprint density at radius 3 is 1.42 bits per heavy atom. The second-order valence-electron chi connectivity index (χ2n) is 6.55. The highest BCUT2D eigenvalue weighted by Gasteiger charge is 2.55. The topological polar surface area (TPSA) is 51.2 Å². The van der Waals surface area contributed by atoms with Crippen LogP contribution in [0.2, 0.25) is 0 Å². The maximum absolute atomic E-state index is 12.0. The molecule has 0 amide bonds. The summed E-state index contributed by atoms with van der Waals surface area (Å²) in [6, 6.07) is 0. The summed E-state index contributed by atoms with van der Waals surface area (Å²) in [7, 11) is 0. The first-order valence-electron chi connectivity index (χ1n) is 6.52. The number of Topliss-reactive ketones (excluding diaryl/α,β-unsaturated/α-hetero) is 3. The van der Waals surface area contributed by atoms with Crippen molar-refractivity contribution in [2.75, 3.05) is 0 Å². The van der Waals surface area contributed by atoms with Crippen molar-refractivity contribution in [2.24, 2.45) is 16.2 Å². The zero-order valence-electron chi connectivity index (χ0n) is 12.4. The lowest BCUT2D eigenvalue weighted by atomic mass is 9.51. The van der Waals surface area contributed by atoms with Crippen LogP contribution in [0.4, 0.5) is 0 Å². The van der Waals surface area contributed by atoms with Gasteiger partial charge in [0.2, 0.25) is 0 Å². The lowest BCUT2D eigenvalue weighted by Gasteiger charge is -2.49. The fourth-order valence-corrected chi connectivity index (χ4v) is 3.33. The van der Waals surface area contributed by atoms with E-state index in [1.165, 1.54) is 20.8 Å². The highest BCUT2D eigenvalue weighted by Crippen LogP contribution is 2.55. The van der Waals surface area contributed by atoms with E-state index < -0.39 is 16.2 Å². The van der Waals surface area contributed by atoms with E-state index in [0.29, 0.717) is 19.3 Å². The van der Waals surface area contributed by atoms with Crippen molar-refractivity contribution in [1.82, 2.24) is 0 Å². The van der Waals surface area contributed by atoms with Gasteiger partial charge in [-0.15, -0.1) is 6.42 Å². The fraction of sp³-hybridized carbons (Fsp3) is 0.688. The molecule has 3 heteroatoms. The Balaban J connectivity index is 3.41. The molecule has 0 spiro atoms. The number of carbonyl (C=O) groups excluding carboxylic acids is 3. The van der Waals surface area contributed by atoms with E-state index >= 15 is 0 Å². The van der Waals surface area contributed by atoms with Gasteiger partial charge in [-0.05, 0) is 40.0 Å². The lowest BCUT2D eigenvalue weighted by molar-refractivity contribution is -0.145. The molecule has 1 rings (SSSR count). The van der Waals surface area contributed by atoms with Crippen LogP contribution in [-0.2, 0) is 14.4 Å².